The van der Waals surface area contributed by atoms with Gasteiger partial charge in [0.25, 0.3) is 0 Å². The van der Waals surface area contributed by atoms with Crippen LogP contribution in [0.5, 0.6) is 0 Å². The second-order valence-electron chi connectivity index (χ2n) is 2.71. The van der Waals surface area contributed by atoms with Crippen molar-refractivity contribution < 1.29 is 14.6 Å². The quantitative estimate of drug-likeness (QED) is 0.409. The molecule has 1 rings (SSSR count). The van der Waals surface area contributed by atoms with Gasteiger partial charge in [-0.25, -0.2) is 4.79 Å². The van der Waals surface area contributed by atoms with Gasteiger partial charge >= 0.3 is 5.97 Å². The second-order valence-corrected chi connectivity index (χ2v) is 2.71. The third-order valence-electron chi connectivity index (χ3n) is 1.78. The van der Waals surface area contributed by atoms with E-state index in [1.54, 1.807) is 6.08 Å². The van der Waals surface area contributed by atoms with Crippen molar-refractivity contribution in [2.45, 2.75) is 12.8 Å². The van der Waals surface area contributed by atoms with E-state index in [-0.39, 0.29) is 5.76 Å². The topological polar surface area (TPSA) is 46.5 Å². The van der Waals surface area contributed by atoms with Crippen LogP contribution in [0.4, 0.5) is 0 Å². The Labute approximate surface area is 77.0 Å². The minimum atomic E-state index is -1.03. The molecule has 0 fully saturated rings. The Morgan fingerprint density at radius 2 is 2.38 bits per heavy atom. The maximum Gasteiger partial charge on any atom is 0.371 e. The van der Waals surface area contributed by atoms with E-state index >= 15 is 0 Å². The lowest BCUT2D eigenvalue weighted by molar-refractivity contribution is -0.136. The minimum absolute atomic E-state index is 0.0125. The standard InChI is InChI=1S/C10H12O3/c1-13-9(10(11)12)7-8-5-3-2-4-6-8/h2-3,6-7H,4-5H2,1H3,(H,11,12). The Bertz CT molecular complexity index is 285. The molecule has 0 bridgehead atoms. The molecule has 1 aliphatic rings. The van der Waals surface area contributed by atoms with Crippen LogP contribution in [0.25, 0.3) is 0 Å². The molecule has 0 unspecified atom stereocenters. The number of rotatable bonds is 3. The van der Waals surface area contributed by atoms with Crippen LogP contribution in [0.2, 0.25) is 0 Å². The summed E-state index contributed by atoms with van der Waals surface area (Å²) in [4.78, 5) is 10.6. The van der Waals surface area contributed by atoms with Crippen molar-refractivity contribution in [3.05, 3.63) is 35.6 Å². The molecule has 0 saturated heterocycles. The normalized spacial score (nSPS) is 16.7. The van der Waals surface area contributed by atoms with Crippen LogP contribution in [0.15, 0.2) is 35.6 Å². The Kier molecular flexibility index (Phi) is 3.31. The van der Waals surface area contributed by atoms with Crippen LogP contribution in [-0.4, -0.2) is 18.2 Å². The molecule has 0 aromatic heterocycles. The van der Waals surface area contributed by atoms with Crippen LogP contribution < -0.4 is 0 Å². The van der Waals surface area contributed by atoms with Gasteiger partial charge in [-0.3, -0.25) is 0 Å². The Morgan fingerprint density at radius 3 is 2.85 bits per heavy atom. The number of ether oxygens (including phenoxy) is 1. The second kappa shape index (κ2) is 4.50. The zero-order valence-electron chi connectivity index (χ0n) is 7.49. The maximum absolute atomic E-state index is 10.6. The summed E-state index contributed by atoms with van der Waals surface area (Å²) in [5.41, 5.74) is 0.988. The molecule has 3 nitrogen and oxygen atoms in total. The molecule has 1 aliphatic carbocycles. The summed E-state index contributed by atoms with van der Waals surface area (Å²) in [6.45, 7) is 0. The first-order valence-corrected chi connectivity index (χ1v) is 4.07. The molecule has 0 aliphatic heterocycles. The Morgan fingerprint density at radius 1 is 1.62 bits per heavy atom. The van der Waals surface area contributed by atoms with E-state index in [9.17, 15) is 4.79 Å². The lowest BCUT2D eigenvalue weighted by atomic mass is 10.1. The van der Waals surface area contributed by atoms with E-state index in [4.69, 9.17) is 9.84 Å². The smallest absolute Gasteiger partial charge is 0.371 e. The highest BCUT2D eigenvalue weighted by Crippen LogP contribution is 2.14. The fourth-order valence-corrected chi connectivity index (χ4v) is 1.11. The Hall–Kier alpha value is -1.51. The molecule has 0 aromatic carbocycles. The van der Waals surface area contributed by atoms with Crippen molar-refractivity contribution in [2.75, 3.05) is 7.11 Å². The summed E-state index contributed by atoms with van der Waals surface area (Å²) >= 11 is 0. The van der Waals surface area contributed by atoms with Crippen molar-refractivity contribution in [1.82, 2.24) is 0 Å². The zero-order chi connectivity index (χ0) is 9.68. The SMILES string of the molecule is COC(=CC1=CCC=CC1)C(=O)O. The van der Waals surface area contributed by atoms with E-state index in [1.165, 1.54) is 7.11 Å². The predicted molar refractivity (Wildman–Crippen MR) is 49.2 cm³/mol. The minimum Gasteiger partial charge on any atom is -0.490 e. The zero-order valence-corrected chi connectivity index (χ0v) is 7.49. The molecule has 13 heavy (non-hydrogen) atoms. The first-order valence-electron chi connectivity index (χ1n) is 4.07. The van der Waals surface area contributed by atoms with Gasteiger partial charge in [0.05, 0.1) is 7.11 Å². The number of carboxylic acid groups (broad SMARTS) is 1. The number of carbonyl (C=O) groups is 1. The average molecular weight is 180 g/mol. The molecule has 0 aromatic rings. The number of hydrogen-bond donors (Lipinski definition) is 1. The summed E-state index contributed by atoms with van der Waals surface area (Å²) in [6, 6.07) is 0. The van der Waals surface area contributed by atoms with E-state index in [1.807, 2.05) is 18.2 Å². The largest absolute Gasteiger partial charge is 0.490 e. The monoisotopic (exact) mass is 180 g/mol. The van der Waals surface area contributed by atoms with Gasteiger partial charge in [0.1, 0.15) is 0 Å². The van der Waals surface area contributed by atoms with Crippen molar-refractivity contribution in [2.24, 2.45) is 0 Å². The third-order valence-corrected chi connectivity index (χ3v) is 1.78. The summed E-state index contributed by atoms with van der Waals surface area (Å²) in [6.07, 6.45) is 9.25. The van der Waals surface area contributed by atoms with E-state index in [0.29, 0.717) is 0 Å². The van der Waals surface area contributed by atoms with Crippen molar-refractivity contribution in [3.8, 4) is 0 Å². The molecule has 3 heteroatoms. The van der Waals surface area contributed by atoms with E-state index in [0.717, 1.165) is 18.4 Å². The molecule has 0 heterocycles. The highest BCUT2D eigenvalue weighted by molar-refractivity contribution is 5.84. The number of allylic oxidation sites excluding steroid dienone is 5. The highest BCUT2D eigenvalue weighted by Gasteiger charge is 2.07. The van der Waals surface area contributed by atoms with Gasteiger partial charge in [0.15, 0.2) is 0 Å². The first-order chi connectivity index (χ1) is 6.24. The van der Waals surface area contributed by atoms with Crippen molar-refractivity contribution in [3.63, 3.8) is 0 Å². The van der Waals surface area contributed by atoms with Gasteiger partial charge in [-0.2, -0.15) is 0 Å². The van der Waals surface area contributed by atoms with Crippen LogP contribution >= 0.6 is 0 Å². The fourth-order valence-electron chi connectivity index (χ4n) is 1.11. The van der Waals surface area contributed by atoms with E-state index in [2.05, 4.69) is 0 Å². The van der Waals surface area contributed by atoms with E-state index < -0.39 is 5.97 Å². The van der Waals surface area contributed by atoms with Gasteiger partial charge in [0, 0.05) is 0 Å². The van der Waals surface area contributed by atoms with Crippen LogP contribution in [0.1, 0.15) is 12.8 Å². The van der Waals surface area contributed by atoms with Crippen molar-refractivity contribution in [1.29, 1.82) is 0 Å². The first kappa shape index (κ1) is 9.58. The maximum atomic E-state index is 10.6. The lowest BCUT2D eigenvalue weighted by Crippen LogP contribution is -2.03. The molecular weight excluding hydrogens is 168 g/mol. The fraction of sp³-hybridized carbons (Fsp3) is 0.300. The average Bonchev–Trinajstić information content (AvgIpc) is 2.15. The summed E-state index contributed by atoms with van der Waals surface area (Å²) < 4.78 is 4.71. The van der Waals surface area contributed by atoms with Crippen LogP contribution in [0.3, 0.4) is 0 Å². The Balaban J connectivity index is 2.72. The molecule has 1 N–H and O–H groups in total. The summed E-state index contributed by atoms with van der Waals surface area (Å²) in [5.74, 6) is -1.04. The molecule has 0 saturated carbocycles. The van der Waals surface area contributed by atoms with Crippen LogP contribution in [-0.2, 0) is 9.53 Å². The molecule has 0 atom stereocenters. The third kappa shape index (κ3) is 2.78. The van der Waals surface area contributed by atoms with Gasteiger partial charge in [0.2, 0.25) is 5.76 Å². The van der Waals surface area contributed by atoms with Gasteiger partial charge in [-0.05, 0) is 24.5 Å². The molecule has 0 amide bonds. The lowest BCUT2D eigenvalue weighted by Gasteiger charge is -2.05. The predicted octanol–water partition coefficient (Wildman–Crippen LogP) is 1.88. The number of methoxy groups -OCH3 is 1. The number of aliphatic carboxylic acids is 1. The number of hydrogen-bond acceptors (Lipinski definition) is 2. The molecule has 0 radical (unpaired) electrons. The van der Waals surface area contributed by atoms with Gasteiger partial charge < -0.3 is 9.84 Å². The molecule has 70 valence electrons. The summed E-state index contributed by atoms with van der Waals surface area (Å²) in [5, 5.41) is 8.67. The van der Waals surface area contributed by atoms with Gasteiger partial charge in [-0.1, -0.05) is 18.2 Å². The van der Waals surface area contributed by atoms with Crippen LogP contribution in [0, 0.1) is 0 Å². The highest BCUT2D eigenvalue weighted by atomic mass is 16.5. The van der Waals surface area contributed by atoms with Crippen molar-refractivity contribution >= 4 is 5.97 Å². The van der Waals surface area contributed by atoms with Gasteiger partial charge in [-0.15, -0.1) is 0 Å². The number of carboxylic acids is 1. The molecule has 0 spiro atoms. The summed E-state index contributed by atoms with van der Waals surface area (Å²) in [7, 11) is 1.36. The molecular formula is C10H12O3.